The summed E-state index contributed by atoms with van der Waals surface area (Å²) in [5.41, 5.74) is -0.238. The lowest BCUT2D eigenvalue weighted by Crippen LogP contribution is -2.41. The molecule has 0 spiro atoms. The van der Waals surface area contributed by atoms with Crippen molar-refractivity contribution in [3.05, 3.63) is 35.6 Å². The van der Waals surface area contributed by atoms with Gasteiger partial charge in [0.2, 0.25) is 0 Å². The van der Waals surface area contributed by atoms with E-state index in [1.807, 2.05) is 6.92 Å². The van der Waals surface area contributed by atoms with Crippen LogP contribution in [-0.4, -0.2) is 41.3 Å². The molecule has 0 unspecified atom stereocenters. The highest BCUT2D eigenvalue weighted by molar-refractivity contribution is 5.74. The number of likely N-dealkylation sites (tertiary alicyclic amines) is 1. The second-order valence-corrected chi connectivity index (χ2v) is 5.71. The van der Waals surface area contributed by atoms with Crippen LogP contribution in [0.4, 0.5) is 9.18 Å². The lowest BCUT2D eigenvalue weighted by molar-refractivity contribution is 0.0386. The Labute approximate surface area is 118 Å². The van der Waals surface area contributed by atoms with E-state index in [1.165, 1.54) is 6.07 Å². The molecular formula is C15H21FN2O2. The predicted molar refractivity (Wildman–Crippen MR) is 74.9 cm³/mol. The van der Waals surface area contributed by atoms with Crippen LogP contribution in [0.3, 0.4) is 0 Å². The molecule has 1 aromatic carbocycles. The summed E-state index contributed by atoms with van der Waals surface area (Å²) in [6.07, 6.45) is 0.457. The Balaban J connectivity index is 1.81. The van der Waals surface area contributed by atoms with Crippen LogP contribution >= 0.6 is 0 Å². The van der Waals surface area contributed by atoms with E-state index >= 15 is 0 Å². The van der Waals surface area contributed by atoms with Gasteiger partial charge in [0.1, 0.15) is 5.82 Å². The highest BCUT2D eigenvalue weighted by Crippen LogP contribution is 2.26. The van der Waals surface area contributed by atoms with E-state index in [4.69, 9.17) is 0 Å². The van der Waals surface area contributed by atoms with Crippen molar-refractivity contribution in [2.24, 2.45) is 5.92 Å². The third-order valence-electron chi connectivity index (χ3n) is 3.98. The number of nitrogens with zero attached hydrogens (tertiary/aromatic N) is 1. The first-order chi connectivity index (χ1) is 9.40. The molecule has 4 nitrogen and oxygen atoms in total. The van der Waals surface area contributed by atoms with Crippen LogP contribution in [0.5, 0.6) is 0 Å². The zero-order chi connectivity index (χ0) is 14.8. The van der Waals surface area contributed by atoms with Crippen LogP contribution in [0, 0.1) is 11.7 Å². The molecule has 0 radical (unpaired) electrons. The highest BCUT2D eigenvalue weighted by Gasteiger charge is 2.40. The minimum Gasteiger partial charge on any atom is -0.388 e. The number of hydrogen-bond acceptors (Lipinski definition) is 2. The molecule has 1 aromatic rings. The van der Waals surface area contributed by atoms with Gasteiger partial charge in [-0.3, -0.25) is 0 Å². The minimum absolute atomic E-state index is 0.0554. The number of rotatable bonds is 3. The quantitative estimate of drug-likeness (QED) is 0.887. The van der Waals surface area contributed by atoms with E-state index in [0.29, 0.717) is 31.6 Å². The number of aliphatic hydroxyl groups is 1. The van der Waals surface area contributed by atoms with Crippen LogP contribution in [0.2, 0.25) is 0 Å². The molecule has 2 rings (SSSR count). The number of amides is 2. The molecule has 1 aliphatic rings. The van der Waals surface area contributed by atoms with Crippen LogP contribution in [0.25, 0.3) is 0 Å². The smallest absolute Gasteiger partial charge is 0.317 e. The van der Waals surface area contributed by atoms with E-state index in [2.05, 4.69) is 5.32 Å². The van der Waals surface area contributed by atoms with Crippen molar-refractivity contribution in [1.29, 1.82) is 0 Å². The van der Waals surface area contributed by atoms with Crippen molar-refractivity contribution in [2.75, 3.05) is 19.6 Å². The summed E-state index contributed by atoms with van der Waals surface area (Å²) in [7, 11) is 0. The Kier molecular flexibility index (Phi) is 4.28. The van der Waals surface area contributed by atoms with Gasteiger partial charge in [0.15, 0.2) is 0 Å². The SMILES string of the molecule is C[C@@H]1CN(C(=O)NCCc2ccccc2F)C[C@]1(C)O. The average molecular weight is 280 g/mol. The predicted octanol–water partition coefficient (Wildman–Crippen LogP) is 1.78. The van der Waals surface area contributed by atoms with Gasteiger partial charge in [0, 0.05) is 19.0 Å². The van der Waals surface area contributed by atoms with Crippen molar-refractivity contribution in [3.63, 3.8) is 0 Å². The van der Waals surface area contributed by atoms with Gasteiger partial charge in [0.05, 0.1) is 12.1 Å². The molecule has 1 fully saturated rings. The van der Waals surface area contributed by atoms with E-state index in [-0.39, 0.29) is 17.8 Å². The van der Waals surface area contributed by atoms with E-state index in [1.54, 1.807) is 30.0 Å². The lowest BCUT2D eigenvalue weighted by Gasteiger charge is -2.20. The molecule has 0 saturated carbocycles. The fourth-order valence-electron chi connectivity index (χ4n) is 2.41. The summed E-state index contributed by atoms with van der Waals surface area (Å²) in [5.74, 6) is -0.195. The Morgan fingerprint density at radius 2 is 2.25 bits per heavy atom. The van der Waals surface area contributed by atoms with E-state index in [0.717, 1.165) is 0 Å². The number of β-amino-alcohol motifs (C(OH)–C–C–N with tert-alkyl or cyclic N) is 1. The summed E-state index contributed by atoms with van der Waals surface area (Å²) in [4.78, 5) is 13.6. The number of urea groups is 1. The van der Waals surface area contributed by atoms with Crippen molar-refractivity contribution < 1.29 is 14.3 Å². The zero-order valence-corrected chi connectivity index (χ0v) is 11.9. The monoisotopic (exact) mass is 280 g/mol. The van der Waals surface area contributed by atoms with Crippen molar-refractivity contribution in [1.82, 2.24) is 10.2 Å². The van der Waals surface area contributed by atoms with Gasteiger partial charge in [-0.1, -0.05) is 25.1 Å². The molecule has 2 atom stereocenters. The van der Waals surface area contributed by atoms with Crippen LogP contribution < -0.4 is 5.32 Å². The number of nitrogens with one attached hydrogen (secondary N) is 1. The molecule has 1 saturated heterocycles. The normalized spacial score (nSPS) is 25.8. The van der Waals surface area contributed by atoms with E-state index in [9.17, 15) is 14.3 Å². The number of halogens is 1. The number of hydrogen-bond donors (Lipinski definition) is 2. The van der Waals surface area contributed by atoms with Crippen molar-refractivity contribution in [2.45, 2.75) is 25.9 Å². The first kappa shape index (κ1) is 14.8. The minimum atomic E-state index is -0.830. The maximum Gasteiger partial charge on any atom is 0.317 e. The maximum absolute atomic E-state index is 13.4. The number of benzene rings is 1. The second-order valence-electron chi connectivity index (χ2n) is 5.71. The topological polar surface area (TPSA) is 52.6 Å². The fourth-order valence-corrected chi connectivity index (χ4v) is 2.41. The molecule has 1 aliphatic heterocycles. The number of carbonyl (C=O) groups excluding carboxylic acids is 1. The van der Waals surface area contributed by atoms with Gasteiger partial charge in [-0.25, -0.2) is 9.18 Å². The fraction of sp³-hybridized carbons (Fsp3) is 0.533. The van der Waals surface area contributed by atoms with Gasteiger partial charge in [0.25, 0.3) is 0 Å². The molecule has 0 bridgehead atoms. The van der Waals surface area contributed by atoms with Gasteiger partial charge >= 0.3 is 6.03 Å². The van der Waals surface area contributed by atoms with Crippen molar-refractivity contribution >= 4 is 6.03 Å². The number of carbonyl (C=O) groups is 1. The van der Waals surface area contributed by atoms with Gasteiger partial charge in [-0.2, -0.15) is 0 Å². The van der Waals surface area contributed by atoms with Gasteiger partial charge < -0.3 is 15.3 Å². The lowest BCUT2D eigenvalue weighted by atomic mass is 9.95. The Morgan fingerprint density at radius 3 is 2.85 bits per heavy atom. The molecule has 20 heavy (non-hydrogen) atoms. The first-order valence-corrected chi connectivity index (χ1v) is 6.89. The molecule has 0 aliphatic carbocycles. The summed E-state index contributed by atoms with van der Waals surface area (Å²) in [6.45, 7) is 4.92. The summed E-state index contributed by atoms with van der Waals surface area (Å²) in [6, 6.07) is 6.34. The Hall–Kier alpha value is -1.62. The third-order valence-corrected chi connectivity index (χ3v) is 3.98. The first-order valence-electron chi connectivity index (χ1n) is 6.89. The molecular weight excluding hydrogens is 259 g/mol. The van der Waals surface area contributed by atoms with Gasteiger partial charge in [-0.05, 0) is 25.0 Å². The molecule has 1 heterocycles. The Morgan fingerprint density at radius 1 is 1.55 bits per heavy atom. The van der Waals surface area contributed by atoms with E-state index < -0.39 is 5.60 Å². The largest absolute Gasteiger partial charge is 0.388 e. The summed E-state index contributed by atoms with van der Waals surface area (Å²) >= 11 is 0. The summed E-state index contributed by atoms with van der Waals surface area (Å²) < 4.78 is 13.4. The van der Waals surface area contributed by atoms with Gasteiger partial charge in [-0.15, -0.1) is 0 Å². The standard InChI is InChI=1S/C15H21FN2O2/c1-11-9-18(10-15(11,2)20)14(19)17-8-7-12-5-3-4-6-13(12)16/h3-6,11,20H,7-10H2,1-2H3,(H,17,19)/t11-,15+/m1/s1. The second kappa shape index (κ2) is 5.79. The molecule has 2 amide bonds. The van der Waals surface area contributed by atoms with Crippen LogP contribution in [0.1, 0.15) is 19.4 Å². The third kappa shape index (κ3) is 3.28. The van der Waals surface area contributed by atoms with Crippen LogP contribution in [0.15, 0.2) is 24.3 Å². The Bertz CT molecular complexity index is 491. The summed E-state index contributed by atoms with van der Waals surface area (Å²) in [5, 5.41) is 12.8. The van der Waals surface area contributed by atoms with Crippen molar-refractivity contribution in [3.8, 4) is 0 Å². The molecule has 5 heteroatoms. The molecule has 110 valence electrons. The zero-order valence-electron chi connectivity index (χ0n) is 11.9. The maximum atomic E-state index is 13.4. The molecule has 2 N–H and O–H groups in total. The highest BCUT2D eigenvalue weighted by atomic mass is 19.1. The molecule has 0 aromatic heterocycles. The van der Waals surface area contributed by atoms with Crippen LogP contribution in [-0.2, 0) is 6.42 Å². The average Bonchev–Trinajstić information content (AvgIpc) is 2.66.